The van der Waals surface area contributed by atoms with Gasteiger partial charge in [-0.15, -0.1) is 11.6 Å². The molecule has 0 aromatic heterocycles. The fraction of sp³-hybridized carbons (Fsp3) is 1.00. The molecule has 2 N–H and O–H groups in total. The van der Waals surface area contributed by atoms with E-state index in [0.29, 0.717) is 12.8 Å². The lowest BCUT2D eigenvalue weighted by Crippen LogP contribution is -2.39. The van der Waals surface area contributed by atoms with Crippen LogP contribution in [0.1, 0.15) is 32.1 Å². The molecule has 0 aromatic carbocycles. The Balaban J connectivity index is 2.81. The zero-order chi connectivity index (χ0) is 8.54. The molecule has 0 aliphatic heterocycles. The Hall–Kier alpha value is 0.200. The fourth-order valence-electron chi connectivity index (χ4n) is 1.36. The van der Waals surface area contributed by atoms with Crippen LogP contribution in [0.5, 0.6) is 0 Å². The highest BCUT2D eigenvalue weighted by Gasteiger charge is 2.40. The molecule has 0 saturated heterocycles. The maximum atomic E-state index is 11.0. The number of halogens is 1. The van der Waals surface area contributed by atoms with Crippen molar-refractivity contribution in [2.75, 3.05) is 0 Å². The molecule has 1 aliphatic rings. The largest absolute Gasteiger partial charge is 0.228 e. The molecule has 11 heavy (non-hydrogen) atoms. The lowest BCUT2D eigenvalue weighted by atomic mass is 10.00. The van der Waals surface area contributed by atoms with Gasteiger partial charge in [0.2, 0.25) is 10.0 Å². The van der Waals surface area contributed by atoms with Gasteiger partial charge in [0.15, 0.2) is 4.21 Å². The molecule has 3 nitrogen and oxygen atoms in total. The predicted molar refractivity (Wildman–Crippen MR) is 44.8 cm³/mol. The van der Waals surface area contributed by atoms with Crippen LogP contribution < -0.4 is 5.14 Å². The number of hydrogen-bond acceptors (Lipinski definition) is 2. The van der Waals surface area contributed by atoms with Crippen LogP contribution in [0.15, 0.2) is 0 Å². The van der Waals surface area contributed by atoms with Crippen LogP contribution in [0, 0.1) is 0 Å². The van der Waals surface area contributed by atoms with Gasteiger partial charge < -0.3 is 0 Å². The first kappa shape index (κ1) is 9.29. The molecule has 1 saturated carbocycles. The summed E-state index contributed by atoms with van der Waals surface area (Å²) in [6, 6.07) is 0. The minimum atomic E-state index is -3.56. The summed E-state index contributed by atoms with van der Waals surface area (Å²) in [6.07, 6.45) is 3.77. The van der Waals surface area contributed by atoms with Gasteiger partial charge in [0.1, 0.15) is 0 Å². The summed E-state index contributed by atoms with van der Waals surface area (Å²) in [5.74, 6) is 0. The fourth-order valence-corrected chi connectivity index (χ4v) is 2.49. The molecule has 0 unspecified atom stereocenters. The third kappa shape index (κ3) is 1.86. The van der Waals surface area contributed by atoms with E-state index in [2.05, 4.69) is 0 Å². The van der Waals surface area contributed by atoms with Crippen molar-refractivity contribution in [1.29, 1.82) is 0 Å². The molecule has 0 amide bonds. The van der Waals surface area contributed by atoms with E-state index >= 15 is 0 Å². The average molecular weight is 198 g/mol. The third-order valence-corrected chi connectivity index (χ3v) is 4.56. The van der Waals surface area contributed by atoms with E-state index in [1.54, 1.807) is 0 Å². The van der Waals surface area contributed by atoms with E-state index < -0.39 is 14.2 Å². The number of hydrogen-bond donors (Lipinski definition) is 1. The summed E-state index contributed by atoms with van der Waals surface area (Å²) in [4.78, 5) is 0. The summed E-state index contributed by atoms with van der Waals surface area (Å²) in [5, 5.41) is 4.98. The highest BCUT2D eigenvalue weighted by atomic mass is 35.5. The Morgan fingerprint density at radius 2 is 1.64 bits per heavy atom. The van der Waals surface area contributed by atoms with Crippen molar-refractivity contribution in [1.82, 2.24) is 0 Å². The van der Waals surface area contributed by atoms with E-state index in [1.165, 1.54) is 0 Å². The van der Waals surface area contributed by atoms with Crippen molar-refractivity contribution in [2.24, 2.45) is 5.14 Å². The number of rotatable bonds is 1. The van der Waals surface area contributed by atoms with Crippen molar-refractivity contribution < 1.29 is 8.42 Å². The number of alkyl halides is 1. The van der Waals surface area contributed by atoms with Gasteiger partial charge in [-0.25, -0.2) is 13.6 Å². The minimum absolute atomic E-state index is 0.493. The van der Waals surface area contributed by atoms with E-state index in [9.17, 15) is 8.42 Å². The van der Waals surface area contributed by atoms with Crippen LogP contribution in [0.3, 0.4) is 0 Å². The second-order valence-electron chi connectivity index (χ2n) is 2.99. The van der Waals surface area contributed by atoms with Crippen LogP contribution in [-0.2, 0) is 10.0 Å². The van der Waals surface area contributed by atoms with Crippen LogP contribution in [0.25, 0.3) is 0 Å². The van der Waals surface area contributed by atoms with Crippen LogP contribution >= 0.6 is 11.6 Å². The zero-order valence-corrected chi connectivity index (χ0v) is 7.79. The molecule has 0 spiro atoms. The normalized spacial score (nSPS) is 24.9. The molecule has 0 aromatic rings. The third-order valence-electron chi connectivity index (χ3n) is 2.11. The lowest BCUT2D eigenvalue weighted by Gasteiger charge is -2.28. The first-order valence-electron chi connectivity index (χ1n) is 3.67. The van der Waals surface area contributed by atoms with Crippen molar-refractivity contribution in [3.05, 3.63) is 0 Å². The average Bonchev–Trinajstić information content (AvgIpc) is 1.87. The molecule has 1 rings (SSSR count). The van der Waals surface area contributed by atoms with Crippen LogP contribution in [0.4, 0.5) is 0 Å². The molecule has 0 radical (unpaired) electrons. The van der Waals surface area contributed by atoms with Crippen molar-refractivity contribution in [2.45, 2.75) is 36.3 Å². The summed E-state index contributed by atoms with van der Waals surface area (Å²) in [7, 11) is -3.56. The Bertz CT molecular complexity index is 231. The second kappa shape index (κ2) is 2.92. The highest BCUT2D eigenvalue weighted by Crippen LogP contribution is 2.37. The molecular formula is C6H12ClNO2S. The van der Waals surface area contributed by atoms with Crippen LogP contribution in [0.2, 0.25) is 0 Å². The molecule has 0 heterocycles. The molecule has 1 aliphatic carbocycles. The Labute approximate surface area is 72.0 Å². The summed E-state index contributed by atoms with van der Waals surface area (Å²) < 4.78 is 20.7. The predicted octanol–water partition coefficient (Wildman–Crippen LogP) is 1.17. The van der Waals surface area contributed by atoms with Crippen molar-refractivity contribution in [3.8, 4) is 0 Å². The Kier molecular flexibility index (Phi) is 2.46. The smallest absolute Gasteiger partial charge is 0.227 e. The second-order valence-corrected chi connectivity index (χ2v) is 5.81. The summed E-state index contributed by atoms with van der Waals surface area (Å²) in [6.45, 7) is 0. The minimum Gasteiger partial charge on any atom is -0.227 e. The quantitative estimate of drug-likeness (QED) is 0.642. The number of sulfonamides is 1. The van der Waals surface area contributed by atoms with Gasteiger partial charge >= 0.3 is 0 Å². The van der Waals surface area contributed by atoms with Gasteiger partial charge in [-0.1, -0.05) is 19.3 Å². The first-order chi connectivity index (χ1) is 4.96. The van der Waals surface area contributed by atoms with Crippen molar-refractivity contribution in [3.63, 3.8) is 0 Å². The number of primary sulfonamides is 1. The zero-order valence-electron chi connectivity index (χ0n) is 6.22. The molecule has 0 atom stereocenters. The summed E-state index contributed by atoms with van der Waals surface area (Å²) in [5.41, 5.74) is 0. The topological polar surface area (TPSA) is 60.2 Å². The Morgan fingerprint density at radius 3 is 1.91 bits per heavy atom. The molecule has 5 heteroatoms. The maximum Gasteiger partial charge on any atom is 0.228 e. The van der Waals surface area contributed by atoms with Crippen molar-refractivity contribution >= 4 is 21.6 Å². The molecule has 66 valence electrons. The highest BCUT2D eigenvalue weighted by molar-refractivity contribution is 7.91. The van der Waals surface area contributed by atoms with Gasteiger partial charge in [-0.3, -0.25) is 0 Å². The van der Waals surface area contributed by atoms with E-state index in [4.69, 9.17) is 16.7 Å². The number of nitrogens with two attached hydrogens (primary N) is 1. The molecular weight excluding hydrogens is 186 g/mol. The lowest BCUT2D eigenvalue weighted by molar-refractivity contribution is 0.454. The van der Waals surface area contributed by atoms with Gasteiger partial charge in [0.25, 0.3) is 0 Å². The molecule has 1 fully saturated rings. The SMILES string of the molecule is NS(=O)(=O)C1(Cl)CCCCC1. The first-order valence-corrected chi connectivity index (χ1v) is 5.59. The molecule has 0 bridgehead atoms. The van der Waals surface area contributed by atoms with Gasteiger partial charge in [-0.2, -0.15) is 0 Å². The van der Waals surface area contributed by atoms with Crippen LogP contribution in [-0.4, -0.2) is 12.6 Å². The monoisotopic (exact) mass is 197 g/mol. The standard InChI is InChI=1S/C6H12ClNO2S/c7-6(11(8,9)10)4-2-1-3-5-6/h1-5H2,(H2,8,9,10). The van der Waals surface area contributed by atoms with Gasteiger partial charge in [-0.05, 0) is 12.8 Å². The van der Waals surface area contributed by atoms with Gasteiger partial charge in [0, 0.05) is 0 Å². The Morgan fingerprint density at radius 1 is 1.18 bits per heavy atom. The van der Waals surface area contributed by atoms with E-state index in [-0.39, 0.29) is 0 Å². The van der Waals surface area contributed by atoms with E-state index in [0.717, 1.165) is 19.3 Å². The summed E-state index contributed by atoms with van der Waals surface area (Å²) >= 11 is 5.84. The van der Waals surface area contributed by atoms with E-state index in [1.807, 2.05) is 0 Å². The maximum absolute atomic E-state index is 11.0. The van der Waals surface area contributed by atoms with Gasteiger partial charge in [0.05, 0.1) is 0 Å².